The molecule has 41 heavy (non-hydrogen) atoms. The zero-order chi connectivity index (χ0) is 28.8. The molecular formula is C31H21BrClN3O4S. The molecule has 2 N–H and O–H groups in total. The highest BCUT2D eigenvalue weighted by atomic mass is 79.9. The van der Waals surface area contributed by atoms with Crippen molar-refractivity contribution >= 4 is 78.6 Å². The van der Waals surface area contributed by atoms with Crippen LogP contribution in [-0.4, -0.2) is 24.0 Å². The Morgan fingerprint density at radius 2 is 1.63 bits per heavy atom. The summed E-state index contributed by atoms with van der Waals surface area (Å²) in [7, 11) is 0. The van der Waals surface area contributed by atoms with Crippen LogP contribution in [0.3, 0.4) is 0 Å². The van der Waals surface area contributed by atoms with E-state index in [1.54, 1.807) is 42.5 Å². The highest BCUT2D eigenvalue weighted by Crippen LogP contribution is 2.35. The summed E-state index contributed by atoms with van der Waals surface area (Å²) in [5.74, 6) is -0.887. The van der Waals surface area contributed by atoms with Gasteiger partial charge in [0.2, 0.25) is 0 Å². The number of amides is 2. The van der Waals surface area contributed by atoms with Crippen LogP contribution in [0.4, 0.5) is 5.69 Å². The zero-order valence-electron chi connectivity index (χ0n) is 21.3. The van der Waals surface area contributed by atoms with Gasteiger partial charge in [-0.1, -0.05) is 76.1 Å². The summed E-state index contributed by atoms with van der Waals surface area (Å²) in [6.45, 7) is 0. The van der Waals surface area contributed by atoms with Gasteiger partial charge in [-0.15, -0.1) is 11.3 Å². The first kappa shape index (κ1) is 28.2. The minimum absolute atomic E-state index is 0.123. The molecule has 0 bridgehead atoms. The number of hydrazone groups is 1. The van der Waals surface area contributed by atoms with E-state index in [1.807, 2.05) is 54.6 Å². The van der Waals surface area contributed by atoms with E-state index < -0.39 is 11.9 Å². The maximum atomic E-state index is 12.8. The number of carbonyl (C=O) groups excluding carboxylic acids is 3. The summed E-state index contributed by atoms with van der Waals surface area (Å²) in [5.41, 5.74) is 4.66. The summed E-state index contributed by atoms with van der Waals surface area (Å²) >= 11 is 11.1. The van der Waals surface area contributed by atoms with Gasteiger partial charge in [-0.2, -0.15) is 5.10 Å². The van der Waals surface area contributed by atoms with E-state index in [2.05, 4.69) is 31.8 Å². The number of nitrogens with one attached hydrogen (secondary N) is 2. The van der Waals surface area contributed by atoms with E-state index in [4.69, 9.17) is 16.3 Å². The Hall–Kier alpha value is -4.31. The van der Waals surface area contributed by atoms with Crippen LogP contribution in [0.1, 0.15) is 31.2 Å². The molecule has 7 nitrogen and oxygen atoms in total. The van der Waals surface area contributed by atoms with Crippen molar-refractivity contribution in [3.05, 3.63) is 128 Å². The summed E-state index contributed by atoms with van der Waals surface area (Å²) in [6, 6.07) is 28.3. The number of hydrogen-bond acceptors (Lipinski definition) is 6. The van der Waals surface area contributed by atoms with Crippen molar-refractivity contribution in [2.75, 3.05) is 5.32 Å². The molecule has 204 valence electrons. The minimum Gasteiger partial charge on any atom is -0.426 e. The number of hydrogen-bond donors (Lipinski definition) is 2. The van der Waals surface area contributed by atoms with E-state index in [-0.39, 0.29) is 12.3 Å². The fraction of sp³-hybridized carbons (Fsp3) is 0.0323. The lowest BCUT2D eigenvalue weighted by molar-refractivity contribution is -0.133. The lowest BCUT2D eigenvalue weighted by Gasteiger charge is -2.08. The molecule has 1 aromatic heterocycles. The number of esters is 1. The van der Waals surface area contributed by atoms with Gasteiger partial charge in [0, 0.05) is 31.4 Å². The molecule has 0 fully saturated rings. The third-order valence-electron chi connectivity index (χ3n) is 5.90. The van der Waals surface area contributed by atoms with Crippen molar-refractivity contribution in [1.29, 1.82) is 0 Å². The molecule has 0 aliphatic rings. The molecule has 0 saturated heterocycles. The molecule has 0 spiro atoms. The van der Waals surface area contributed by atoms with Gasteiger partial charge in [-0.3, -0.25) is 14.4 Å². The molecule has 0 aliphatic heterocycles. The topological polar surface area (TPSA) is 96.9 Å². The van der Waals surface area contributed by atoms with Gasteiger partial charge >= 0.3 is 5.97 Å². The molecular weight excluding hydrogens is 626 g/mol. The van der Waals surface area contributed by atoms with Gasteiger partial charge < -0.3 is 10.1 Å². The van der Waals surface area contributed by atoms with Crippen LogP contribution in [0.5, 0.6) is 5.75 Å². The van der Waals surface area contributed by atoms with Crippen molar-refractivity contribution in [2.24, 2.45) is 5.10 Å². The molecule has 0 saturated carbocycles. The van der Waals surface area contributed by atoms with E-state index >= 15 is 0 Å². The number of benzene rings is 4. The number of ether oxygens (including phenoxy) is 1. The summed E-state index contributed by atoms with van der Waals surface area (Å²) < 4.78 is 7.22. The Labute approximate surface area is 252 Å². The Morgan fingerprint density at radius 3 is 2.39 bits per heavy atom. The number of carbonyl (C=O) groups is 3. The summed E-state index contributed by atoms with van der Waals surface area (Å²) in [5, 5.41) is 8.09. The van der Waals surface area contributed by atoms with Crippen LogP contribution >= 0.6 is 38.9 Å². The van der Waals surface area contributed by atoms with Crippen molar-refractivity contribution < 1.29 is 19.1 Å². The van der Waals surface area contributed by atoms with Crippen LogP contribution in [0, 0.1) is 0 Å². The van der Waals surface area contributed by atoms with Crippen LogP contribution < -0.4 is 15.5 Å². The smallest absolute Gasteiger partial charge is 0.315 e. The van der Waals surface area contributed by atoms with Gasteiger partial charge in [0.15, 0.2) is 0 Å². The van der Waals surface area contributed by atoms with E-state index in [1.165, 1.54) is 17.6 Å². The molecule has 1 heterocycles. The number of rotatable bonds is 8. The van der Waals surface area contributed by atoms with Crippen LogP contribution in [-0.2, 0) is 11.2 Å². The Morgan fingerprint density at radius 1 is 0.902 bits per heavy atom. The highest BCUT2D eigenvalue weighted by Gasteiger charge is 2.17. The lowest BCUT2D eigenvalue weighted by Crippen LogP contribution is -2.18. The molecule has 5 aromatic rings. The number of fused-ring (bicyclic) bond motifs is 1. The molecule has 4 aromatic carbocycles. The lowest BCUT2D eigenvalue weighted by atomic mass is 10.1. The average molecular weight is 647 g/mol. The first-order chi connectivity index (χ1) is 19.9. The number of anilines is 1. The highest BCUT2D eigenvalue weighted by molar-refractivity contribution is 9.10. The monoisotopic (exact) mass is 645 g/mol. The van der Waals surface area contributed by atoms with Gasteiger partial charge in [-0.25, -0.2) is 5.43 Å². The van der Waals surface area contributed by atoms with Gasteiger partial charge in [0.05, 0.1) is 17.7 Å². The first-order valence-electron chi connectivity index (χ1n) is 12.3. The Kier molecular flexibility index (Phi) is 8.88. The predicted octanol–water partition coefficient (Wildman–Crippen LogP) is 7.48. The maximum Gasteiger partial charge on any atom is 0.315 e. The molecule has 0 unspecified atom stereocenters. The predicted molar refractivity (Wildman–Crippen MR) is 166 cm³/mol. The van der Waals surface area contributed by atoms with Gasteiger partial charge in [-0.05, 0) is 54.1 Å². The quantitative estimate of drug-likeness (QED) is 0.0791. The molecule has 2 amide bonds. The SMILES string of the molecule is O=C(Cc1ccccc1)Oc1ccc(Br)cc1/C=N\NC(=O)c1ccc(NC(=O)c2sc3ccccc3c2Cl)cc1. The third-order valence-corrected chi connectivity index (χ3v) is 8.07. The second-order valence-corrected chi connectivity index (χ2v) is 11.1. The number of halogens is 2. The van der Waals surface area contributed by atoms with Crippen molar-refractivity contribution in [1.82, 2.24) is 5.43 Å². The molecule has 0 atom stereocenters. The fourth-order valence-electron chi connectivity index (χ4n) is 3.91. The van der Waals surface area contributed by atoms with E-state index in [9.17, 15) is 14.4 Å². The van der Waals surface area contributed by atoms with Gasteiger partial charge in [0.1, 0.15) is 10.6 Å². The molecule has 10 heteroatoms. The largest absolute Gasteiger partial charge is 0.426 e. The normalized spacial score (nSPS) is 11.0. The van der Waals surface area contributed by atoms with E-state index in [0.29, 0.717) is 32.5 Å². The van der Waals surface area contributed by atoms with Crippen LogP contribution in [0.2, 0.25) is 5.02 Å². The second-order valence-electron chi connectivity index (χ2n) is 8.79. The van der Waals surface area contributed by atoms with Gasteiger partial charge in [0.25, 0.3) is 11.8 Å². The van der Waals surface area contributed by atoms with Crippen molar-refractivity contribution in [3.8, 4) is 5.75 Å². The Balaban J connectivity index is 1.20. The number of nitrogens with zero attached hydrogens (tertiary/aromatic N) is 1. The fourth-order valence-corrected chi connectivity index (χ4v) is 5.70. The summed E-state index contributed by atoms with van der Waals surface area (Å²) in [6.07, 6.45) is 1.52. The average Bonchev–Trinajstić information content (AvgIpc) is 3.32. The molecule has 5 rings (SSSR count). The third kappa shape index (κ3) is 7.07. The maximum absolute atomic E-state index is 12.8. The van der Waals surface area contributed by atoms with Crippen LogP contribution in [0.25, 0.3) is 10.1 Å². The molecule has 0 radical (unpaired) electrons. The number of thiophene rings is 1. The van der Waals surface area contributed by atoms with E-state index in [0.717, 1.165) is 20.1 Å². The standard InChI is InChI=1S/C31H21BrClN3O4S/c32-22-12-15-25(40-27(37)16-19-6-2-1-3-7-19)21(17-22)18-34-36-30(38)20-10-13-23(14-11-20)35-31(39)29-28(33)24-8-4-5-9-26(24)41-29/h1-15,17-18H,16H2,(H,35,39)(H,36,38)/b34-18-. The van der Waals surface area contributed by atoms with Crippen molar-refractivity contribution in [2.45, 2.75) is 6.42 Å². The van der Waals surface area contributed by atoms with Crippen molar-refractivity contribution in [3.63, 3.8) is 0 Å². The minimum atomic E-state index is -0.454. The Bertz CT molecular complexity index is 1770. The molecule has 0 aliphatic carbocycles. The second kappa shape index (κ2) is 12.9. The zero-order valence-corrected chi connectivity index (χ0v) is 24.4. The first-order valence-corrected chi connectivity index (χ1v) is 14.3. The summed E-state index contributed by atoms with van der Waals surface area (Å²) in [4.78, 5) is 38.3. The van der Waals surface area contributed by atoms with Crippen LogP contribution in [0.15, 0.2) is 107 Å².